The number of hydrogen-bond donors (Lipinski definition) is 0. The Morgan fingerprint density at radius 1 is 0.510 bits per heavy atom. The zero-order valence-corrected chi connectivity index (χ0v) is 33.0. The minimum Gasteiger partial charge on any atom is -0.466 e. The maximum absolute atomic E-state index is 12.0. The molecule has 0 aromatic heterocycles. The summed E-state index contributed by atoms with van der Waals surface area (Å²) in [6.45, 7) is 9.62. The molecule has 0 aliphatic rings. The maximum atomic E-state index is 12.0. The van der Waals surface area contributed by atoms with Crippen LogP contribution in [-0.2, 0) is 19.1 Å². The average molecular weight is 688 g/mol. The fourth-order valence-electron chi connectivity index (χ4n) is 5.94. The Morgan fingerprint density at radius 3 is 1.47 bits per heavy atom. The number of carbonyl (C=O) groups excluding carboxylic acids is 2. The second-order valence-electron chi connectivity index (χ2n) is 14.4. The number of carbonyl (C=O) groups is 2. The van der Waals surface area contributed by atoms with Crippen molar-refractivity contribution in [2.75, 3.05) is 33.4 Å². The van der Waals surface area contributed by atoms with Crippen molar-refractivity contribution in [3.63, 3.8) is 0 Å². The van der Waals surface area contributed by atoms with E-state index in [1.807, 2.05) is 0 Å². The van der Waals surface area contributed by atoms with Crippen molar-refractivity contribution in [1.82, 2.24) is 4.90 Å². The third-order valence-electron chi connectivity index (χ3n) is 9.27. The van der Waals surface area contributed by atoms with Gasteiger partial charge in [-0.15, -0.1) is 0 Å². The molecule has 0 saturated heterocycles. The van der Waals surface area contributed by atoms with Gasteiger partial charge in [0.15, 0.2) is 0 Å². The smallest absolute Gasteiger partial charge is 0.305 e. The van der Waals surface area contributed by atoms with Crippen LogP contribution in [0.25, 0.3) is 0 Å². The lowest BCUT2D eigenvalue weighted by Gasteiger charge is -2.16. The number of unbranched alkanes of at least 4 members (excludes halogenated alkanes) is 15. The molecule has 0 saturated carbocycles. The highest BCUT2D eigenvalue weighted by Gasteiger charge is 2.06. The van der Waals surface area contributed by atoms with Gasteiger partial charge in [0.05, 0.1) is 13.2 Å². The minimum absolute atomic E-state index is 0.0643. The molecule has 0 aliphatic heterocycles. The zero-order chi connectivity index (χ0) is 35.9. The SMILES string of the molecule is CCCCC/C=C\C/C=C\CCCCCCCC(=O)OCCCN(C)CCCOC(=O)CCCCCCC/C=C\CC[C@H](C)CCCCC. The molecule has 0 bridgehead atoms. The standard InChI is InChI=1S/C44H81NO4/c1-5-7-9-10-11-12-13-14-15-16-17-20-23-26-30-36-43(46)48-40-32-38-45(4)39-33-41-49-44(47)37-31-27-24-21-18-19-22-25-29-35-42(3)34-28-8-6-2/h11-12,14-15,22,25,42H,5-10,13,16-21,23-24,26-41H2,1-4H3/b12-11-,15-14-,25-22-/t42-/m1/s1. The van der Waals surface area contributed by atoms with E-state index >= 15 is 0 Å². The molecule has 286 valence electrons. The second-order valence-corrected chi connectivity index (χ2v) is 14.4. The van der Waals surface area contributed by atoms with Crippen LogP contribution in [0.1, 0.15) is 194 Å². The molecule has 5 nitrogen and oxygen atoms in total. The number of allylic oxidation sites excluding steroid dienone is 6. The Bertz CT molecular complexity index is 805. The fraction of sp³-hybridized carbons (Fsp3) is 0.818. The van der Waals surface area contributed by atoms with Gasteiger partial charge in [-0.25, -0.2) is 0 Å². The molecule has 0 aliphatic carbocycles. The molecule has 1 atom stereocenters. The third-order valence-corrected chi connectivity index (χ3v) is 9.27. The molecule has 5 heteroatoms. The topological polar surface area (TPSA) is 55.8 Å². The lowest BCUT2D eigenvalue weighted by atomic mass is 9.98. The van der Waals surface area contributed by atoms with Gasteiger partial charge in [-0.2, -0.15) is 0 Å². The van der Waals surface area contributed by atoms with E-state index in [1.54, 1.807) is 0 Å². The van der Waals surface area contributed by atoms with Gasteiger partial charge in [-0.3, -0.25) is 9.59 Å². The van der Waals surface area contributed by atoms with Crippen molar-refractivity contribution in [3.8, 4) is 0 Å². The van der Waals surface area contributed by atoms with Crippen molar-refractivity contribution in [2.45, 2.75) is 194 Å². The first-order valence-electron chi connectivity index (χ1n) is 20.9. The van der Waals surface area contributed by atoms with Crippen LogP contribution in [0.4, 0.5) is 0 Å². The molecule has 0 radical (unpaired) electrons. The molecule has 0 spiro atoms. The summed E-state index contributed by atoms with van der Waals surface area (Å²) in [4.78, 5) is 26.3. The normalized spacial score (nSPS) is 12.6. The summed E-state index contributed by atoms with van der Waals surface area (Å²) < 4.78 is 10.9. The lowest BCUT2D eigenvalue weighted by Crippen LogP contribution is -2.23. The van der Waals surface area contributed by atoms with Gasteiger partial charge in [-0.05, 0) is 96.4 Å². The van der Waals surface area contributed by atoms with Crippen LogP contribution < -0.4 is 0 Å². The van der Waals surface area contributed by atoms with Crippen LogP contribution in [0.15, 0.2) is 36.5 Å². The van der Waals surface area contributed by atoms with Gasteiger partial charge in [0.25, 0.3) is 0 Å². The van der Waals surface area contributed by atoms with Crippen LogP contribution in [0.3, 0.4) is 0 Å². The number of rotatable bonds is 37. The number of ether oxygens (including phenoxy) is 2. The Labute approximate surface area is 305 Å². The molecule has 0 rings (SSSR count). The van der Waals surface area contributed by atoms with E-state index in [1.165, 1.54) is 109 Å². The molecule has 0 unspecified atom stereocenters. The van der Waals surface area contributed by atoms with Crippen molar-refractivity contribution >= 4 is 11.9 Å². The van der Waals surface area contributed by atoms with E-state index < -0.39 is 0 Å². The van der Waals surface area contributed by atoms with Crippen LogP contribution in [0, 0.1) is 5.92 Å². The largest absolute Gasteiger partial charge is 0.466 e. The summed E-state index contributed by atoms with van der Waals surface area (Å²) >= 11 is 0. The Kier molecular flexibility index (Phi) is 37.4. The number of esters is 2. The van der Waals surface area contributed by atoms with Gasteiger partial charge >= 0.3 is 11.9 Å². The molecular formula is C44H81NO4. The van der Waals surface area contributed by atoms with E-state index in [0.29, 0.717) is 26.1 Å². The minimum atomic E-state index is -0.0683. The molecule has 0 fully saturated rings. The zero-order valence-electron chi connectivity index (χ0n) is 33.0. The predicted molar refractivity (Wildman–Crippen MR) is 212 cm³/mol. The molecule has 0 amide bonds. The predicted octanol–water partition coefficient (Wildman–Crippen LogP) is 12.9. The van der Waals surface area contributed by atoms with Gasteiger partial charge < -0.3 is 14.4 Å². The lowest BCUT2D eigenvalue weighted by molar-refractivity contribution is -0.144. The molecule has 0 heterocycles. The highest BCUT2D eigenvalue weighted by atomic mass is 16.5. The van der Waals surface area contributed by atoms with Crippen molar-refractivity contribution in [2.24, 2.45) is 5.92 Å². The van der Waals surface area contributed by atoms with Gasteiger partial charge in [0.2, 0.25) is 0 Å². The van der Waals surface area contributed by atoms with E-state index in [4.69, 9.17) is 9.47 Å². The first-order valence-corrected chi connectivity index (χ1v) is 20.9. The van der Waals surface area contributed by atoms with Crippen LogP contribution >= 0.6 is 0 Å². The van der Waals surface area contributed by atoms with E-state index in [-0.39, 0.29) is 11.9 Å². The van der Waals surface area contributed by atoms with E-state index in [0.717, 1.165) is 70.4 Å². The van der Waals surface area contributed by atoms with Crippen molar-refractivity contribution in [1.29, 1.82) is 0 Å². The third kappa shape index (κ3) is 38.8. The van der Waals surface area contributed by atoms with Crippen LogP contribution in [-0.4, -0.2) is 50.2 Å². The first kappa shape index (κ1) is 47.1. The quantitative estimate of drug-likeness (QED) is 0.0370. The summed E-state index contributed by atoms with van der Waals surface area (Å²) in [5.74, 6) is 0.724. The molecule has 49 heavy (non-hydrogen) atoms. The van der Waals surface area contributed by atoms with Gasteiger partial charge in [0, 0.05) is 25.9 Å². The van der Waals surface area contributed by atoms with Crippen LogP contribution in [0.2, 0.25) is 0 Å². The summed E-state index contributed by atoms with van der Waals surface area (Å²) in [5, 5.41) is 0. The summed E-state index contributed by atoms with van der Waals surface area (Å²) in [6, 6.07) is 0. The van der Waals surface area contributed by atoms with Crippen LogP contribution in [0.5, 0.6) is 0 Å². The Hall–Kier alpha value is -1.88. The van der Waals surface area contributed by atoms with E-state index in [9.17, 15) is 9.59 Å². The fourth-order valence-corrected chi connectivity index (χ4v) is 5.94. The number of nitrogens with zero attached hydrogens (tertiary/aromatic N) is 1. The number of hydrogen-bond acceptors (Lipinski definition) is 5. The molecule has 0 aromatic carbocycles. The highest BCUT2D eigenvalue weighted by molar-refractivity contribution is 5.69. The van der Waals surface area contributed by atoms with Gasteiger partial charge in [-0.1, -0.05) is 134 Å². The van der Waals surface area contributed by atoms with Gasteiger partial charge in [0.1, 0.15) is 0 Å². The summed E-state index contributed by atoms with van der Waals surface area (Å²) in [7, 11) is 2.07. The van der Waals surface area contributed by atoms with E-state index in [2.05, 4.69) is 69.2 Å². The molecule has 0 aromatic rings. The monoisotopic (exact) mass is 688 g/mol. The molecule has 0 N–H and O–H groups in total. The summed E-state index contributed by atoms with van der Waals surface area (Å²) in [5.41, 5.74) is 0. The Balaban J connectivity index is 3.46. The van der Waals surface area contributed by atoms with Crippen molar-refractivity contribution < 1.29 is 19.1 Å². The van der Waals surface area contributed by atoms with Crippen molar-refractivity contribution in [3.05, 3.63) is 36.5 Å². The average Bonchev–Trinajstić information content (AvgIpc) is 3.09. The highest BCUT2D eigenvalue weighted by Crippen LogP contribution is 2.16. The first-order chi connectivity index (χ1) is 24.0. The Morgan fingerprint density at radius 2 is 0.939 bits per heavy atom. The second kappa shape index (κ2) is 38.9. The molecular weight excluding hydrogens is 606 g/mol. The maximum Gasteiger partial charge on any atom is 0.305 e. The summed E-state index contributed by atoms with van der Waals surface area (Å²) in [6.07, 6.45) is 44.6.